The van der Waals surface area contributed by atoms with Gasteiger partial charge in [0.2, 0.25) is 0 Å². The van der Waals surface area contributed by atoms with E-state index in [-0.39, 0.29) is 12.5 Å². The highest BCUT2D eigenvalue weighted by molar-refractivity contribution is 6.05. The summed E-state index contributed by atoms with van der Waals surface area (Å²) in [5.41, 5.74) is 1.84. The third-order valence-electron chi connectivity index (χ3n) is 4.49. The van der Waals surface area contributed by atoms with E-state index in [1.54, 1.807) is 56.6 Å². The second kappa shape index (κ2) is 7.67. The van der Waals surface area contributed by atoms with Crippen molar-refractivity contribution in [2.75, 3.05) is 20.7 Å². The molecule has 0 spiro atoms. The highest BCUT2D eigenvalue weighted by Crippen LogP contribution is 2.31. The van der Waals surface area contributed by atoms with E-state index in [1.807, 2.05) is 24.3 Å². The summed E-state index contributed by atoms with van der Waals surface area (Å²) in [5.74, 6) is 0.161. The maximum Gasteiger partial charge on any atom is 0.343 e. The van der Waals surface area contributed by atoms with Crippen LogP contribution >= 0.6 is 0 Å². The topological polar surface area (TPSA) is 69.0 Å². The van der Waals surface area contributed by atoms with Gasteiger partial charge in [0.05, 0.1) is 5.56 Å². The molecule has 0 aliphatic carbocycles. The Morgan fingerprint density at radius 3 is 2.48 bits per heavy atom. The van der Waals surface area contributed by atoms with E-state index >= 15 is 0 Å². The fraction of sp³-hybridized carbons (Fsp3) is 0.130. The van der Waals surface area contributed by atoms with Crippen LogP contribution in [-0.4, -0.2) is 37.5 Å². The molecule has 3 aromatic carbocycles. The van der Waals surface area contributed by atoms with Gasteiger partial charge < -0.3 is 18.8 Å². The van der Waals surface area contributed by atoms with Crippen molar-refractivity contribution in [3.8, 4) is 11.5 Å². The standard InChI is InChI=1S/C23H19NO5/c1-24(2)22(25)14-27-16-7-5-6-15(12-16)23(26)28-17-10-11-21-19(13-17)18-8-3-4-9-20(18)29-21/h3-13H,14H2,1-2H3. The molecule has 0 saturated carbocycles. The Labute approximate surface area is 167 Å². The average Bonchev–Trinajstić information content (AvgIpc) is 3.10. The maximum absolute atomic E-state index is 12.6. The van der Waals surface area contributed by atoms with E-state index < -0.39 is 5.97 Å². The lowest BCUT2D eigenvalue weighted by atomic mass is 10.1. The predicted octanol–water partition coefficient (Wildman–Crippen LogP) is 4.27. The number of ether oxygens (including phenoxy) is 2. The quantitative estimate of drug-likeness (QED) is 0.377. The molecule has 29 heavy (non-hydrogen) atoms. The lowest BCUT2D eigenvalue weighted by Gasteiger charge is -2.12. The third-order valence-corrected chi connectivity index (χ3v) is 4.49. The summed E-state index contributed by atoms with van der Waals surface area (Å²) in [7, 11) is 3.30. The molecule has 6 heteroatoms. The summed E-state index contributed by atoms with van der Waals surface area (Å²) >= 11 is 0. The number of rotatable bonds is 5. The minimum Gasteiger partial charge on any atom is -0.484 e. The van der Waals surface area contributed by atoms with Gasteiger partial charge in [-0.3, -0.25) is 4.79 Å². The van der Waals surface area contributed by atoms with Crippen LogP contribution in [0.5, 0.6) is 11.5 Å². The number of carbonyl (C=O) groups excluding carboxylic acids is 2. The molecule has 6 nitrogen and oxygen atoms in total. The van der Waals surface area contributed by atoms with Gasteiger partial charge in [0.15, 0.2) is 6.61 Å². The highest BCUT2D eigenvalue weighted by Gasteiger charge is 2.13. The van der Waals surface area contributed by atoms with Crippen LogP contribution in [-0.2, 0) is 4.79 Å². The van der Waals surface area contributed by atoms with Crippen molar-refractivity contribution >= 4 is 33.8 Å². The number of hydrogen-bond donors (Lipinski definition) is 0. The van der Waals surface area contributed by atoms with Crippen LogP contribution < -0.4 is 9.47 Å². The molecule has 4 aromatic rings. The SMILES string of the molecule is CN(C)C(=O)COc1cccc(C(=O)Oc2ccc3oc4ccccc4c3c2)c1. The van der Waals surface area contributed by atoms with E-state index in [4.69, 9.17) is 13.9 Å². The minimum absolute atomic E-state index is 0.101. The van der Waals surface area contributed by atoms with Gasteiger partial charge in [0.1, 0.15) is 22.7 Å². The van der Waals surface area contributed by atoms with Gasteiger partial charge in [0.25, 0.3) is 5.91 Å². The van der Waals surface area contributed by atoms with Gasteiger partial charge in [0, 0.05) is 24.9 Å². The summed E-state index contributed by atoms with van der Waals surface area (Å²) in [4.78, 5) is 25.7. The van der Waals surface area contributed by atoms with Crippen LogP contribution in [0.2, 0.25) is 0 Å². The molecule has 0 aliphatic heterocycles. The number of likely N-dealkylation sites (N-methyl/N-ethyl adjacent to an activating group) is 1. The molecule has 146 valence electrons. The van der Waals surface area contributed by atoms with Crippen molar-refractivity contribution in [2.24, 2.45) is 0 Å². The molecule has 4 rings (SSSR count). The molecule has 0 radical (unpaired) electrons. The number of fused-ring (bicyclic) bond motifs is 3. The fourth-order valence-electron chi connectivity index (χ4n) is 2.92. The summed E-state index contributed by atoms with van der Waals surface area (Å²) in [5, 5.41) is 1.84. The third kappa shape index (κ3) is 3.91. The van der Waals surface area contributed by atoms with Gasteiger partial charge in [-0.15, -0.1) is 0 Å². The molecular formula is C23H19NO5. The predicted molar refractivity (Wildman–Crippen MR) is 109 cm³/mol. The largest absolute Gasteiger partial charge is 0.484 e. The fourth-order valence-corrected chi connectivity index (χ4v) is 2.92. The zero-order chi connectivity index (χ0) is 20.4. The van der Waals surface area contributed by atoms with Crippen molar-refractivity contribution in [1.29, 1.82) is 0 Å². The first kappa shape index (κ1) is 18.6. The van der Waals surface area contributed by atoms with Gasteiger partial charge in [-0.25, -0.2) is 4.79 Å². The van der Waals surface area contributed by atoms with Crippen LogP contribution in [0, 0.1) is 0 Å². The monoisotopic (exact) mass is 389 g/mol. The lowest BCUT2D eigenvalue weighted by Crippen LogP contribution is -2.27. The molecule has 0 N–H and O–H groups in total. The van der Waals surface area contributed by atoms with Gasteiger partial charge in [-0.2, -0.15) is 0 Å². The molecule has 1 aromatic heterocycles. The summed E-state index contributed by atoms with van der Waals surface area (Å²) in [6, 6.07) is 19.5. The highest BCUT2D eigenvalue weighted by atomic mass is 16.5. The Morgan fingerprint density at radius 2 is 1.66 bits per heavy atom. The van der Waals surface area contributed by atoms with Crippen molar-refractivity contribution < 1.29 is 23.5 Å². The number of furan rings is 1. The Bertz CT molecular complexity index is 1210. The molecule has 1 amide bonds. The van der Waals surface area contributed by atoms with Crippen LogP contribution in [0.3, 0.4) is 0 Å². The second-order valence-electron chi connectivity index (χ2n) is 6.75. The number of para-hydroxylation sites is 1. The first-order valence-corrected chi connectivity index (χ1v) is 9.08. The van der Waals surface area contributed by atoms with E-state index in [1.165, 1.54) is 4.90 Å². The number of hydrogen-bond acceptors (Lipinski definition) is 5. The summed E-state index contributed by atoms with van der Waals surface area (Å²) in [6.07, 6.45) is 0. The second-order valence-corrected chi connectivity index (χ2v) is 6.75. The average molecular weight is 389 g/mol. The summed E-state index contributed by atoms with van der Waals surface area (Å²) < 4.78 is 16.8. The Morgan fingerprint density at radius 1 is 0.862 bits per heavy atom. The van der Waals surface area contributed by atoms with Gasteiger partial charge >= 0.3 is 5.97 Å². The molecule has 0 atom stereocenters. The van der Waals surface area contributed by atoms with E-state index in [9.17, 15) is 9.59 Å². The maximum atomic E-state index is 12.6. The minimum atomic E-state index is -0.512. The van der Waals surface area contributed by atoms with E-state index in [2.05, 4.69) is 0 Å². The lowest BCUT2D eigenvalue weighted by molar-refractivity contribution is -0.130. The van der Waals surface area contributed by atoms with Crippen molar-refractivity contribution in [3.63, 3.8) is 0 Å². The van der Waals surface area contributed by atoms with Gasteiger partial charge in [-0.1, -0.05) is 24.3 Å². The molecule has 0 saturated heterocycles. The zero-order valence-corrected chi connectivity index (χ0v) is 16.0. The number of esters is 1. The number of carbonyl (C=O) groups is 2. The normalized spacial score (nSPS) is 10.8. The van der Waals surface area contributed by atoms with Gasteiger partial charge in [-0.05, 0) is 42.5 Å². The Balaban J connectivity index is 1.52. The van der Waals surface area contributed by atoms with E-state index in [0.717, 1.165) is 21.9 Å². The van der Waals surface area contributed by atoms with Crippen molar-refractivity contribution in [2.45, 2.75) is 0 Å². The van der Waals surface area contributed by atoms with E-state index in [0.29, 0.717) is 17.1 Å². The molecule has 0 unspecified atom stereocenters. The molecule has 0 aliphatic rings. The Kier molecular flexibility index (Phi) is 4.91. The number of benzene rings is 3. The van der Waals surface area contributed by atoms with Crippen LogP contribution in [0.4, 0.5) is 0 Å². The van der Waals surface area contributed by atoms with Crippen LogP contribution in [0.1, 0.15) is 10.4 Å². The molecule has 0 bridgehead atoms. The first-order chi connectivity index (χ1) is 14.0. The molecular weight excluding hydrogens is 370 g/mol. The molecule has 1 heterocycles. The zero-order valence-electron chi connectivity index (χ0n) is 16.0. The van der Waals surface area contributed by atoms with Crippen LogP contribution in [0.15, 0.2) is 71.1 Å². The number of nitrogens with zero attached hydrogens (tertiary/aromatic N) is 1. The van der Waals surface area contributed by atoms with Crippen LogP contribution in [0.25, 0.3) is 21.9 Å². The Hall–Kier alpha value is -3.80. The smallest absolute Gasteiger partial charge is 0.343 e. The first-order valence-electron chi connectivity index (χ1n) is 9.08. The summed E-state index contributed by atoms with van der Waals surface area (Å²) in [6.45, 7) is -0.101. The number of amides is 1. The molecule has 0 fully saturated rings. The van der Waals surface area contributed by atoms with Crippen molar-refractivity contribution in [1.82, 2.24) is 4.90 Å². The van der Waals surface area contributed by atoms with Crippen molar-refractivity contribution in [3.05, 3.63) is 72.3 Å².